The van der Waals surface area contributed by atoms with Crippen molar-refractivity contribution in [1.82, 2.24) is 4.98 Å². The van der Waals surface area contributed by atoms with Crippen molar-refractivity contribution in [2.75, 3.05) is 0 Å². The van der Waals surface area contributed by atoms with Crippen LogP contribution < -0.4 is 5.73 Å². The number of amides is 1. The molecule has 0 bridgehead atoms. The number of aromatic nitrogens is 1. The monoisotopic (exact) mass is 206 g/mol. The lowest BCUT2D eigenvalue weighted by molar-refractivity contribution is -0.141. The molecule has 0 fully saturated rings. The van der Waals surface area contributed by atoms with Gasteiger partial charge < -0.3 is 10.8 Å². The molecule has 76 valence electrons. The SMILES string of the molecule is NC(=O)c1cc(O)cnc1C(F)(F)F. The summed E-state index contributed by atoms with van der Waals surface area (Å²) in [5.41, 5.74) is 2.44. The first-order chi connectivity index (χ1) is 6.32. The molecular formula is C7H5F3N2O2. The second-order valence-corrected chi connectivity index (χ2v) is 2.45. The van der Waals surface area contributed by atoms with Gasteiger partial charge in [0, 0.05) is 0 Å². The number of nitrogens with two attached hydrogens (primary N) is 1. The number of carbonyl (C=O) groups excluding carboxylic acids is 1. The Morgan fingerprint density at radius 2 is 2.07 bits per heavy atom. The van der Waals surface area contributed by atoms with Gasteiger partial charge in [-0.1, -0.05) is 0 Å². The van der Waals surface area contributed by atoms with Gasteiger partial charge in [0.2, 0.25) is 0 Å². The number of carbonyl (C=O) groups is 1. The molecule has 14 heavy (non-hydrogen) atoms. The van der Waals surface area contributed by atoms with E-state index in [2.05, 4.69) is 4.98 Å². The van der Waals surface area contributed by atoms with Gasteiger partial charge in [-0.25, -0.2) is 4.98 Å². The topological polar surface area (TPSA) is 76.2 Å². The zero-order valence-electron chi connectivity index (χ0n) is 6.67. The van der Waals surface area contributed by atoms with Crippen LogP contribution in [0, 0.1) is 0 Å². The Balaban J connectivity index is 3.37. The molecule has 0 aromatic carbocycles. The normalized spacial score (nSPS) is 11.4. The van der Waals surface area contributed by atoms with Crippen molar-refractivity contribution < 1.29 is 23.1 Å². The Morgan fingerprint density at radius 3 is 2.50 bits per heavy atom. The molecule has 0 aliphatic carbocycles. The summed E-state index contributed by atoms with van der Waals surface area (Å²) in [5, 5.41) is 8.81. The number of pyridine rings is 1. The molecule has 3 N–H and O–H groups in total. The van der Waals surface area contributed by atoms with Crippen LogP contribution >= 0.6 is 0 Å². The maximum absolute atomic E-state index is 12.2. The Bertz CT molecular complexity index is 376. The van der Waals surface area contributed by atoms with E-state index in [-0.39, 0.29) is 0 Å². The molecule has 7 heteroatoms. The first kappa shape index (κ1) is 10.3. The van der Waals surface area contributed by atoms with Gasteiger partial charge in [-0.05, 0) is 6.07 Å². The fourth-order valence-corrected chi connectivity index (χ4v) is 0.867. The van der Waals surface area contributed by atoms with E-state index in [1.54, 1.807) is 0 Å². The van der Waals surface area contributed by atoms with Gasteiger partial charge in [-0.2, -0.15) is 13.2 Å². The van der Waals surface area contributed by atoms with Gasteiger partial charge >= 0.3 is 6.18 Å². The molecule has 0 atom stereocenters. The van der Waals surface area contributed by atoms with Crippen LogP contribution in [0.15, 0.2) is 12.3 Å². The molecule has 1 rings (SSSR count). The number of nitrogens with zero attached hydrogens (tertiary/aromatic N) is 1. The maximum atomic E-state index is 12.2. The molecule has 4 nitrogen and oxygen atoms in total. The van der Waals surface area contributed by atoms with E-state index in [9.17, 15) is 18.0 Å². The van der Waals surface area contributed by atoms with Crippen molar-refractivity contribution >= 4 is 5.91 Å². The lowest BCUT2D eigenvalue weighted by Gasteiger charge is -2.08. The standard InChI is InChI=1S/C7H5F3N2O2/c8-7(9,10)5-4(6(11)14)1-3(13)2-12-5/h1-2,13H,(H2,11,14). The van der Waals surface area contributed by atoms with Crippen LogP contribution in [0.25, 0.3) is 0 Å². The van der Waals surface area contributed by atoms with Crippen LogP contribution in [0.5, 0.6) is 5.75 Å². The quantitative estimate of drug-likeness (QED) is 0.716. The maximum Gasteiger partial charge on any atom is 0.434 e. The summed E-state index contributed by atoms with van der Waals surface area (Å²) in [6.07, 6.45) is -4.17. The molecule has 1 heterocycles. The summed E-state index contributed by atoms with van der Waals surface area (Å²) in [4.78, 5) is 13.5. The van der Waals surface area contributed by atoms with E-state index in [4.69, 9.17) is 10.8 Å². The van der Waals surface area contributed by atoms with E-state index in [0.29, 0.717) is 12.3 Å². The summed E-state index contributed by atoms with van der Waals surface area (Å²) in [5.74, 6) is -1.84. The minimum atomic E-state index is -4.77. The number of hydrogen-bond acceptors (Lipinski definition) is 3. The van der Waals surface area contributed by atoms with Gasteiger partial charge in [0.1, 0.15) is 5.75 Å². The third kappa shape index (κ3) is 1.93. The molecule has 1 amide bonds. The van der Waals surface area contributed by atoms with Crippen molar-refractivity contribution in [3.8, 4) is 5.75 Å². The second kappa shape index (κ2) is 3.17. The van der Waals surface area contributed by atoms with Crippen molar-refractivity contribution in [3.63, 3.8) is 0 Å². The molecule has 0 saturated heterocycles. The van der Waals surface area contributed by atoms with E-state index in [1.165, 1.54) is 0 Å². The minimum Gasteiger partial charge on any atom is -0.506 e. The Morgan fingerprint density at radius 1 is 1.50 bits per heavy atom. The van der Waals surface area contributed by atoms with Gasteiger partial charge in [0.05, 0.1) is 11.8 Å². The van der Waals surface area contributed by atoms with Crippen molar-refractivity contribution in [1.29, 1.82) is 0 Å². The average Bonchev–Trinajstić information content (AvgIpc) is 2.01. The first-order valence-electron chi connectivity index (χ1n) is 3.38. The van der Waals surface area contributed by atoms with Gasteiger partial charge in [0.25, 0.3) is 5.91 Å². The van der Waals surface area contributed by atoms with E-state index < -0.39 is 29.1 Å². The van der Waals surface area contributed by atoms with Crippen LogP contribution in [0.4, 0.5) is 13.2 Å². The van der Waals surface area contributed by atoms with Crippen molar-refractivity contribution in [2.45, 2.75) is 6.18 Å². The predicted octanol–water partition coefficient (Wildman–Crippen LogP) is 0.905. The number of rotatable bonds is 1. The summed E-state index contributed by atoms with van der Waals surface area (Å²) < 4.78 is 36.6. The minimum absolute atomic E-state index is 0.549. The molecule has 0 spiro atoms. The molecule has 0 aliphatic rings. The molecule has 1 aromatic heterocycles. The number of primary amides is 1. The Labute approximate surface area is 76.2 Å². The lowest BCUT2D eigenvalue weighted by Crippen LogP contribution is -2.20. The second-order valence-electron chi connectivity index (χ2n) is 2.45. The lowest BCUT2D eigenvalue weighted by atomic mass is 10.1. The van der Waals surface area contributed by atoms with Gasteiger partial charge in [-0.3, -0.25) is 4.79 Å². The van der Waals surface area contributed by atoms with E-state index in [0.717, 1.165) is 0 Å². The molecule has 0 aliphatic heterocycles. The van der Waals surface area contributed by atoms with Crippen LogP contribution in [0.1, 0.15) is 16.1 Å². The molecule has 0 saturated carbocycles. The molecule has 0 unspecified atom stereocenters. The van der Waals surface area contributed by atoms with Crippen LogP contribution in [0.3, 0.4) is 0 Å². The summed E-state index contributed by atoms with van der Waals surface area (Å²) in [7, 11) is 0. The first-order valence-corrected chi connectivity index (χ1v) is 3.38. The van der Waals surface area contributed by atoms with E-state index in [1.807, 2.05) is 0 Å². The van der Waals surface area contributed by atoms with Crippen molar-refractivity contribution in [2.24, 2.45) is 5.73 Å². The smallest absolute Gasteiger partial charge is 0.434 e. The third-order valence-electron chi connectivity index (χ3n) is 1.41. The average molecular weight is 206 g/mol. The summed E-state index contributed by atoms with van der Waals surface area (Å²) >= 11 is 0. The summed E-state index contributed by atoms with van der Waals surface area (Å²) in [6, 6.07) is 0.623. The largest absolute Gasteiger partial charge is 0.506 e. The van der Waals surface area contributed by atoms with Gasteiger partial charge in [-0.15, -0.1) is 0 Å². The Kier molecular flexibility index (Phi) is 2.33. The van der Waals surface area contributed by atoms with Crippen LogP contribution in [-0.4, -0.2) is 16.0 Å². The summed E-state index contributed by atoms with van der Waals surface area (Å²) in [6.45, 7) is 0. The number of aromatic hydroxyl groups is 1. The highest BCUT2D eigenvalue weighted by Gasteiger charge is 2.36. The zero-order chi connectivity index (χ0) is 10.9. The highest BCUT2D eigenvalue weighted by molar-refractivity contribution is 5.94. The molecule has 1 aromatic rings. The predicted molar refractivity (Wildman–Crippen MR) is 39.4 cm³/mol. The van der Waals surface area contributed by atoms with Gasteiger partial charge in [0.15, 0.2) is 5.69 Å². The highest BCUT2D eigenvalue weighted by Crippen LogP contribution is 2.31. The highest BCUT2D eigenvalue weighted by atomic mass is 19.4. The van der Waals surface area contributed by atoms with Crippen molar-refractivity contribution in [3.05, 3.63) is 23.5 Å². The van der Waals surface area contributed by atoms with Crippen LogP contribution in [0.2, 0.25) is 0 Å². The van der Waals surface area contributed by atoms with E-state index >= 15 is 0 Å². The molecular weight excluding hydrogens is 201 g/mol. The molecule has 0 radical (unpaired) electrons. The fourth-order valence-electron chi connectivity index (χ4n) is 0.867. The third-order valence-corrected chi connectivity index (χ3v) is 1.41. The number of hydrogen-bond donors (Lipinski definition) is 2. The van der Waals surface area contributed by atoms with Crippen LogP contribution in [-0.2, 0) is 6.18 Å². The fraction of sp³-hybridized carbons (Fsp3) is 0.143. The zero-order valence-corrected chi connectivity index (χ0v) is 6.67. The number of halogens is 3. The Hall–Kier alpha value is -1.79. The number of alkyl halides is 3.